The summed E-state index contributed by atoms with van der Waals surface area (Å²) >= 11 is 9.28. The lowest BCUT2D eigenvalue weighted by molar-refractivity contribution is 0.0998. The first-order chi connectivity index (χ1) is 9.63. The van der Waals surface area contributed by atoms with Gasteiger partial charge in [-0.25, -0.2) is 0 Å². The van der Waals surface area contributed by atoms with Gasteiger partial charge in [-0.1, -0.05) is 29.8 Å². The average molecular weight is 351 g/mol. The molecule has 5 heteroatoms. The predicted octanol–water partition coefficient (Wildman–Crippen LogP) is 5.10. The van der Waals surface area contributed by atoms with Crippen molar-refractivity contribution in [3.8, 4) is 0 Å². The van der Waals surface area contributed by atoms with Crippen LogP contribution in [-0.2, 0) is 0 Å². The van der Waals surface area contributed by atoms with Crippen molar-refractivity contribution in [1.29, 1.82) is 0 Å². The Morgan fingerprint density at radius 2 is 1.95 bits per heavy atom. The van der Waals surface area contributed by atoms with E-state index in [4.69, 9.17) is 16.0 Å². The summed E-state index contributed by atoms with van der Waals surface area (Å²) in [5.74, 6) is -0.0535. The van der Waals surface area contributed by atoms with Crippen LogP contribution in [0.15, 0.2) is 57.4 Å². The first kappa shape index (κ1) is 13.2. The smallest absolute Gasteiger partial charge is 0.291 e. The molecule has 0 spiro atoms. The van der Waals surface area contributed by atoms with Gasteiger partial charge in [0.25, 0.3) is 5.91 Å². The third kappa shape index (κ3) is 2.57. The minimum atomic E-state index is -0.316. The molecular formula is C15H9BrClNO2. The molecule has 3 nitrogen and oxygen atoms in total. The Morgan fingerprint density at radius 3 is 2.75 bits per heavy atom. The van der Waals surface area contributed by atoms with E-state index in [0.717, 1.165) is 9.86 Å². The van der Waals surface area contributed by atoms with Gasteiger partial charge in [-0.05, 0) is 46.3 Å². The standard InChI is InChI=1S/C15H9BrClNO2/c16-11-6-5-10(17)8-12(11)18-15(19)14-7-9-3-1-2-4-13(9)20-14/h1-8H,(H,18,19). The van der Waals surface area contributed by atoms with Crippen LogP contribution in [0.5, 0.6) is 0 Å². The maximum absolute atomic E-state index is 12.2. The molecule has 0 unspecified atom stereocenters. The molecule has 0 saturated carbocycles. The zero-order chi connectivity index (χ0) is 14.1. The van der Waals surface area contributed by atoms with Gasteiger partial charge in [0.1, 0.15) is 5.58 Å². The Balaban J connectivity index is 1.90. The molecule has 0 saturated heterocycles. The molecule has 0 bridgehead atoms. The zero-order valence-electron chi connectivity index (χ0n) is 10.2. The molecule has 0 aliphatic carbocycles. The van der Waals surface area contributed by atoms with E-state index in [1.54, 1.807) is 24.3 Å². The van der Waals surface area contributed by atoms with Crippen LogP contribution in [0.25, 0.3) is 11.0 Å². The van der Waals surface area contributed by atoms with Crippen LogP contribution < -0.4 is 5.32 Å². The van der Waals surface area contributed by atoms with Crippen LogP contribution in [0.4, 0.5) is 5.69 Å². The van der Waals surface area contributed by atoms with E-state index < -0.39 is 0 Å². The SMILES string of the molecule is O=C(Nc1cc(Cl)ccc1Br)c1cc2ccccc2o1. The van der Waals surface area contributed by atoms with Crippen molar-refractivity contribution < 1.29 is 9.21 Å². The maximum Gasteiger partial charge on any atom is 0.291 e. The first-order valence-corrected chi connectivity index (χ1v) is 7.05. The largest absolute Gasteiger partial charge is 0.451 e. The molecule has 1 amide bonds. The van der Waals surface area contributed by atoms with Crippen molar-refractivity contribution in [3.63, 3.8) is 0 Å². The van der Waals surface area contributed by atoms with Crippen molar-refractivity contribution in [3.05, 3.63) is 63.8 Å². The summed E-state index contributed by atoms with van der Waals surface area (Å²) in [5.41, 5.74) is 1.28. The summed E-state index contributed by atoms with van der Waals surface area (Å²) in [6.45, 7) is 0. The van der Waals surface area contributed by atoms with Gasteiger partial charge in [0, 0.05) is 14.9 Å². The Kier molecular flexibility index (Phi) is 3.51. The van der Waals surface area contributed by atoms with Gasteiger partial charge in [0.2, 0.25) is 0 Å². The van der Waals surface area contributed by atoms with Crippen molar-refractivity contribution in [2.75, 3.05) is 5.32 Å². The fourth-order valence-corrected chi connectivity index (χ4v) is 2.39. The Bertz CT molecular complexity index is 764. The minimum Gasteiger partial charge on any atom is -0.451 e. The number of para-hydroxylation sites is 1. The molecule has 2 aromatic carbocycles. The molecule has 20 heavy (non-hydrogen) atoms. The molecule has 1 N–H and O–H groups in total. The van der Waals surface area contributed by atoms with E-state index in [0.29, 0.717) is 16.3 Å². The monoisotopic (exact) mass is 349 g/mol. The molecule has 0 aliphatic rings. The molecule has 0 radical (unpaired) electrons. The summed E-state index contributed by atoms with van der Waals surface area (Å²) in [7, 11) is 0. The summed E-state index contributed by atoms with van der Waals surface area (Å²) in [6, 6.07) is 14.4. The number of benzene rings is 2. The number of hydrogen-bond acceptors (Lipinski definition) is 2. The number of fused-ring (bicyclic) bond motifs is 1. The molecule has 0 atom stereocenters. The Morgan fingerprint density at radius 1 is 1.15 bits per heavy atom. The molecule has 100 valence electrons. The maximum atomic E-state index is 12.2. The molecule has 1 heterocycles. The highest BCUT2D eigenvalue weighted by Crippen LogP contribution is 2.27. The van der Waals surface area contributed by atoms with Crippen LogP contribution in [0, 0.1) is 0 Å². The number of carbonyl (C=O) groups is 1. The van der Waals surface area contributed by atoms with Crippen molar-refractivity contribution in [2.45, 2.75) is 0 Å². The lowest BCUT2D eigenvalue weighted by Gasteiger charge is -2.06. The quantitative estimate of drug-likeness (QED) is 0.698. The fraction of sp³-hybridized carbons (Fsp3) is 0. The number of furan rings is 1. The normalized spacial score (nSPS) is 10.7. The van der Waals surface area contributed by atoms with Crippen LogP contribution in [0.3, 0.4) is 0 Å². The van der Waals surface area contributed by atoms with Gasteiger partial charge in [0.15, 0.2) is 5.76 Å². The second kappa shape index (κ2) is 5.31. The second-order valence-electron chi connectivity index (χ2n) is 4.23. The van der Waals surface area contributed by atoms with Gasteiger partial charge in [-0.3, -0.25) is 4.79 Å². The number of hydrogen-bond donors (Lipinski definition) is 1. The highest BCUT2D eigenvalue weighted by Gasteiger charge is 2.13. The average Bonchev–Trinajstić information content (AvgIpc) is 2.87. The second-order valence-corrected chi connectivity index (χ2v) is 5.52. The van der Waals surface area contributed by atoms with E-state index >= 15 is 0 Å². The summed E-state index contributed by atoms with van der Waals surface area (Å²) < 4.78 is 6.27. The molecular weight excluding hydrogens is 342 g/mol. The lowest BCUT2D eigenvalue weighted by atomic mass is 10.2. The molecule has 3 rings (SSSR count). The first-order valence-electron chi connectivity index (χ1n) is 5.88. The van der Waals surface area contributed by atoms with Gasteiger partial charge in [-0.2, -0.15) is 0 Å². The van der Waals surface area contributed by atoms with Gasteiger partial charge in [0.05, 0.1) is 5.69 Å². The van der Waals surface area contributed by atoms with Gasteiger partial charge in [-0.15, -0.1) is 0 Å². The lowest BCUT2D eigenvalue weighted by Crippen LogP contribution is -2.11. The highest BCUT2D eigenvalue weighted by atomic mass is 79.9. The van der Waals surface area contributed by atoms with Crippen LogP contribution in [-0.4, -0.2) is 5.91 Å². The summed E-state index contributed by atoms with van der Waals surface area (Å²) in [5, 5.41) is 4.20. The van der Waals surface area contributed by atoms with E-state index in [-0.39, 0.29) is 11.7 Å². The van der Waals surface area contributed by atoms with E-state index in [2.05, 4.69) is 21.2 Å². The molecule has 3 aromatic rings. The zero-order valence-corrected chi connectivity index (χ0v) is 12.5. The minimum absolute atomic E-state index is 0.262. The van der Waals surface area contributed by atoms with Crippen LogP contribution in [0.1, 0.15) is 10.6 Å². The van der Waals surface area contributed by atoms with Crippen LogP contribution in [0.2, 0.25) is 5.02 Å². The van der Waals surface area contributed by atoms with Crippen molar-refractivity contribution in [2.24, 2.45) is 0 Å². The number of halogens is 2. The number of amides is 1. The summed E-state index contributed by atoms with van der Waals surface area (Å²) in [4.78, 5) is 12.2. The van der Waals surface area contributed by atoms with E-state index in [9.17, 15) is 4.79 Å². The highest BCUT2D eigenvalue weighted by molar-refractivity contribution is 9.10. The Labute approximate surface area is 128 Å². The van der Waals surface area contributed by atoms with E-state index in [1.165, 1.54) is 0 Å². The third-order valence-corrected chi connectivity index (χ3v) is 3.75. The topological polar surface area (TPSA) is 42.2 Å². The van der Waals surface area contributed by atoms with Gasteiger partial charge >= 0.3 is 0 Å². The number of carbonyl (C=O) groups excluding carboxylic acids is 1. The number of anilines is 1. The van der Waals surface area contributed by atoms with Crippen molar-refractivity contribution >= 4 is 50.1 Å². The molecule has 0 aliphatic heterocycles. The third-order valence-electron chi connectivity index (χ3n) is 2.83. The predicted molar refractivity (Wildman–Crippen MR) is 83.3 cm³/mol. The van der Waals surface area contributed by atoms with E-state index in [1.807, 2.05) is 24.3 Å². The van der Waals surface area contributed by atoms with Crippen molar-refractivity contribution in [1.82, 2.24) is 0 Å². The molecule has 0 fully saturated rings. The Hall–Kier alpha value is -1.78. The molecule has 1 aromatic heterocycles. The van der Waals surface area contributed by atoms with Crippen LogP contribution >= 0.6 is 27.5 Å². The number of rotatable bonds is 2. The summed E-state index contributed by atoms with van der Waals surface area (Å²) in [6.07, 6.45) is 0. The fourth-order valence-electron chi connectivity index (χ4n) is 1.87. The van der Waals surface area contributed by atoms with Gasteiger partial charge < -0.3 is 9.73 Å². The number of nitrogens with one attached hydrogen (secondary N) is 1.